The zero-order valence-corrected chi connectivity index (χ0v) is 10.6. The fourth-order valence-electron chi connectivity index (χ4n) is 1.32. The standard InChI is InChI=1S/C11H16N2O3S/c1-6-3-8(17-7(6)2)5-13-11(16)9(12)4-10(14)15/h3,9H,4-5,12H2,1-2H3,(H,13,16)(H,14,15). The number of carbonyl (C=O) groups is 2. The smallest absolute Gasteiger partial charge is 0.305 e. The minimum atomic E-state index is -1.07. The van der Waals surface area contributed by atoms with Gasteiger partial charge in [0.05, 0.1) is 19.0 Å². The number of aryl methyl sites for hydroxylation is 2. The Morgan fingerprint density at radius 3 is 2.65 bits per heavy atom. The molecular weight excluding hydrogens is 240 g/mol. The lowest BCUT2D eigenvalue weighted by molar-refractivity contribution is -0.139. The Bertz CT molecular complexity index is 409. The minimum Gasteiger partial charge on any atom is -0.481 e. The highest BCUT2D eigenvalue weighted by Gasteiger charge is 2.16. The van der Waals surface area contributed by atoms with Crippen LogP contribution in [0, 0.1) is 13.8 Å². The molecule has 1 amide bonds. The fourth-order valence-corrected chi connectivity index (χ4v) is 2.32. The van der Waals surface area contributed by atoms with Gasteiger partial charge < -0.3 is 16.2 Å². The van der Waals surface area contributed by atoms with Gasteiger partial charge in [0.25, 0.3) is 0 Å². The van der Waals surface area contributed by atoms with Crippen LogP contribution in [0.3, 0.4) is 0 Å². The summed E-state index contributed by atoms with van der Waals surface area (Å²) in [5.41, 5.74) is 6.62. The van der Waals surface area contributed by atoms with Gasteiger partial charge in [-0.25, -0.2) is 0 Å². The van der Waals surface area contributed by atoms with Gasteiger partial charge in [0.15, 0.2) is 0 Å². The molecule has 6 heteroatoms. The van der Waals surface area contributed by atoms with Crippen LogP contribution in [-0.4, -0.2) is 23.0 Å². The Hall–Kier alpha value is -1.40. The van der Waals surface area contributed by atoms with Gasteiger partial charge in [0.1, 0.15) is 0 Å². The highest BCUT2D eigenvalue weighted by molar-refractivity contribution is 7.12. The topological polar surface area (TPSA) is 92.4 Å². The van der Waals surface area contributed by atoms with Crippen molar-refractivity contribution in [2.75, 3.05) is 0 Å². The summed E-state index contributed by atoms with van der Waals surface area (Å²) in [6.45, 7) is 4.42. The molecule has 0 fully saturated rings. The van der Waals surface area contributed by atoms with E-state index in [1.54, 1.807) is 11.3 Å². The van der Waals surface area contributed by atoms with Gasteiger partial charge in [-0.2, -0.15) is 0 Å². The maximum atomic E-state index is 11.4. The van der Waals surface area contributed by atoms with Crippen LogP contribution in [0.1, 0.15) is 21.7 Å². The van der Waals surface area contributed by atoms with Gasteiger partial charge in [-0.1, -0.05) is 0 Å². The summed E-state index contributed by atoms with van der Waals surface area (Å²) in [4.78, 5) is 24.1. The van der Waals surface area contributed by atoms with Crippen molar-refractivity contribution in [2.24, 2.45) is 5.73 Å². The summed E-state index contributed by atoms with van der Waals surface area (Å²) >= 11 is 1.61. The van der Waals surface area contributed by atoms with Crippen molar-refractivity contribution in [2.45, 2.75) is 32.9 Å². The first-order valence-electron chi connectivity index (χ1n) is 5.21. The Labute approximate surface area is 104 Å². The van der Waals surface area contributed by atoms with Gasteiger partial charge in [0.2, 0.25) is 5.91 Å². The summed E-state index contributed by atoms with van der Waals surface area (Å²) in [5.74, 6) is -1.51. The molecule has 0 bridgehead atoms. The first-order valence-corrected chi connectivity index (χ1v) is 6.02. The SMILES string of the molecule is Cc1cc(CNC(=O)C(N)CC(=O)O)sc1C. The molecule has 1 unspecified atom stereocenters. The second-order valence-corrected chi connectivity index (χ2v) is 5.21. The number of rotatable bonds is 5. The highest BCUT2D eigenvalue weighted by atomic mass is 32.1. The summed E-state index contributed by atoms with van der Waals surface area (Å²) in [6.07, 6.45) is -0.353. The van der Waals surface area contributed by atoms with Gasteiger partial charge in [-0.15, -0.1) is 11.3 Å². The number of amides is 1. The van der Waals surface area contributed by atoms with Gasteiger partial charge in [-0.3, -0.25) is 9.59 Å². The number of carboxylic acid groups (broad SMARTS) is 1. The van der Waals surface area contributed by atoms with E-state index < -0.39 is 17.9 Å². The van der Waals surface area contributed by atoms with E-state index in [4.69, 9.17) is 10.8 Å². The molecule has 0 saturated carbocycles. The van der Waals surface area contributed by atoms with Crippen LogP contribution in [0.2, 0.25) is 0 Å². The Morgan fingerprint density at radius 2 is 2.18 bits per heavy atom. The van der Waals surface area contributed by atoms with Crippen LogP contribution >= 0.6 is 11.3 Å². The predicted octanol–water partition coefficient (Wildman–Crippen LogP) is 0.783. The molecule has 0 saturated heterocycles. The van der Waals surface area contributed by atoms with Crippen molar-refractivity contribution >= 4 is 23.2 Å². The van der Waals surface area contributed by atoms with Crippen molar-refractivity contribution in [3.63, 3.8) is 0 Å². The van der Waals surface area contributed by atoms with Crippen LogP contribution < -0.4 is 11.1 Å². The Balaban J connectivity index is 2.45. The number of aliphatic carboxylic acids is 1. The zero-order chi connectivity index (χ0) is 13.0. The molecule has 0 aliphatic rings. The first kappa shape index (κ1) is 13.7. The molecule has 1 heterocycles. The lowest BCUT2D eigenvalue weighted by Gasteiger charge is -2.08. The molecule has 0 aromatic carbocycles. The Morgan fingerprint density at radius 1 is 1.53 bits per heavy atom. The van der Waals surface area contributed by atoms with Gasteiger partial charge >= 0.3 is 5.97 Å². The minimum absolute atomic E-state index is 0.353. The summed E-state index contributed by atoms with van der Waals surface area (Å²) < 4.78 is 0. The van der Waals surface area contributed by atoms with E-state index in [-0.39, 0.29) is 6.42 Å². The number of hydrogen-bond donors (Lipinski definition) is 3. The molecular formula is C11H16N2O3S. The van der Waals surface area contributed by atoms with Crippen molar-refractivity contribution in [3.05, 3.63) is 21.4 Å². The molecule has 1 aromatic rings. The molecule has 0 aliphatic heterocycles. The predicted molar refractivity (Wildman–Crippen MR) is 65.9 cm³/mol. The number of carboxylic acids is 1. The lowest BCUT2D eigenvalue weighted by atomic mass is 10.2. The van der Waals surface area contributed by atoms with Crippen molar-refractivity contribution in [1.29, 1.82) is 0 Å². The van der Waals surface area contributed by atoms with E-state index in [1.807, 2.05) is 19.9 Å². The number of thiophene rings is 1. The van der Waals surface area contributed by atoms with Gasteiger partial charge in [0, 0.05) is 9.75 Å². The maximum absolute atomic E-state index is 11.4. The first-order chi connectivity index (χ1) is 7.90. The monoisotopic (exact) mass is 256 g/mol. The average Bonchev–Trinajstić information content (AvgIpc) is 2.54. The molecule has 5 nitrogen and oxygen atoms in total. The molecule has 4 N–H and O–H groups in total. The number of hydrogen-bond acceptors (Lipinski definition) is 4. The van der Waals surface area contributed by atoms with E-state index in [1.165, 1.54) is 10.4 Å². The lowest BCUT2D eigenvalue weighted by Crippen LogP contribution is -2.41. The van der Waals surface area contributed by atoms with Crippen molar-refractivity contribution in [1.82, 2.24) is 5.32 Å². The molecule has 1 aromatic heterocycles. The quantitative estimate of drug-likeness (QED) is 0.726. The third kappa shape index (κ3) is 4.16. The number of carbonyl (C=O) groups excluding carboxylic acids is 1. The normalized spacial score (nSPS) is 12.2. The van der Waals surface area contributed by atoms with Crippen molar-refractivity contribution < 1.29 is 14.7 Å². The average molecular weight is 256 g/mol. The van der Waals surface area contributed by atoms with E-state index >= 15 is 0 Å². The third-order valence-corrected chi connectivity index (χ3v) is 3.54. The number of nitrogens with two attached hydrogens (primary N) is 1. The van der Waals surface area contributed by atoms with Crippen LogP contribution in [-0.2, 0) is 16.1 Å². The van der Waals surface area contributed by atoms with Crippen LogP contribution in [0.4, 0.5) is 0 Å². The third-order valence-electron chi connectivity index (χ3n) is 2.39. The van der Waals surface area contributed by atoms with E-state index in [0.29, 0.717) is 6.54 Å². The van der Waals surface area contributed by atoms with Crippen LogP contribution in [0.5, 0.6) is 0 Å². The van der Waals surface area contributed by atoms with E-state index in [2.05, 4.69) is 5.32 Å². The van der Waals surface area contributed by atoms with Crippen LogP contribution in [0.15, 0.2) is 6.07 Å². The highest BCUT2D eigenvalue weighted by Crippen LogP contribution is 2.20. The maximum Gasteiger partial charge on any atom is 0.305 e. The summed E-state index contributed by atoms with van der Waals surface area (Å²) in [6, 6.07) is 1.01. The second-order valence-electron chi connectivity index (χ2n) is 3.87. The zero-order valence-electron chi connectivity index (χ0n) is 9.82. The van der Waals surface area contributed by atoms with E-state index in [9.17, 15) is 9.59 Å². The number of nitrogens with one attached hydrogen (secondary N) is 1. The largest absolute Gasteiger partial charge is 0.481 e. The molecule has 1 rings (SSSR count). The Kier molecular flexibility index (Phi) is 4.65. The molecule has 0 spiro atoms. The summed E-state index contributed by atoms with van der Waals surface area (Å²) in [5, 5.41) is 11.1. The second kappa shape index (κ2) is 5.79. The summed E-state index contributed by atoms with van der Waals surface area (Å²) in [7, 11) is 0. The molecule has 1 atom stereocenters. The van der Waals surface area contributed by atoms with E-state index in [0.717, 1.165) is 4.88 Å². The van der Waals surface area contributed by atoms with Crippen LogP contribution in [0.25, 0.3) is 0 Å². The van der Waals surface area contributed by atoms with Gasteiger partial charge in [-0.05, 0) is 25.5 Å². The van der Waals surface area contributed by atoms with Crippen molar-refractivity contribution in [3.8, 4) is 0 Å². The molecule has 94 valence electrons. The fraction of sp³-hybridized carbons (Fsp3) is 0.455. The molecule has 17 heavy (non-hydrogen) atoms. The molecule has 0 radical (unpaired) electrons. The molecule has 0 aliphatic carbocycles.